The maximum atomic E-state index is 11.4. The van der Waals surface area contributed by atoms with E-state index in [9.17, 15) is 14.4 Å². The minimum atomic E-state index is -1.08. The van der Waals surface area contributed by atoms with Gasteiger partial charge in [0.1, 0.15) is 0 Å². The van der Waals surface area contributed by atoms with Crippen molar-refractivity contribution in [2.24, 2.45) is 10.8 Å². The molecule has 0 aromatic rings. The number of carbonyl (C=O) groups is 3. The first-order valence-electron chi connectivity index (χ1n) is 4.77. The summed E-state index contributed by atoms with van der Waals surface area (Å²) >= 11 is 0. The summed E-state index contributed by atoms with van der Waals surface area (Å²) in [6, 6.07) is 0. The van der Waals surface area contributed by atoms with Gasteiger partial charge in [0.2, 0.25) is 5.78 Å². The Kier molecular flexibility index (Phi) is 7.52. The van der Waals surface area contributed by atoms with Crippen molar-refractivity contribution in [2.45, 2.75) is 41.5 Å². The molecule has 0 atom stereocenters. The predicted octanol–water partition coefficient (Wildman–Crippen LogP) is 1.07. The van der Waals surface area contributed by atoms with Gasteiger partial charge >= 0.3 is 63.3 Å². The molecule has 0 rings (SSSR count). The van der Waals surface area contributed by atoms with Crippen molar-refractivity contribution in [1.29, 1.82) is 0 Å². The van der Waals surface area contributed by atoms with Crippen LogP contribution in [0.25, 0.3) is 0 Å². The van der Waals surface area contributed by atoms with Crippen molar-refractivity contribution in [2.75, 3.05) is 0 Å². The molecule has 5 heteroatoms. The van der Waals surface area contributed by atoms with E-state index in [1.165, 1.54) is 0 Å². The number of esters is 2. The van der Waals surface area contributed by atoms with Crippen LogP contribution in [0.2, 0.25) is 0 Å². The second kappa shape index (κ2) is 6.40. The third-order valence-corrected chi connectivity index (χ3v) is 1.66. The van der Waals surface area contributed by atoms with Crippen LogP contribution < -0.4 is 0 Å². The summed E-state index contributed by atoms with van der Waals surface area (Å²) in [5, 5.41) is 0. The number of carbonyl (C=O) groups excluding carboxylic acids is 3. The normalized spacial score (nSPS) is 11.4. The molecule has 88 valence electrons. The predicted molar refractivity (Wildman–Crippen MR) is 62.2 cm³/mol. The van der Waals surface area contributed by atoms with Crippen LogP contribution in [-0.2, 0) is 19.1 Å². The number of Topliss-reactive ketones (excluding diaryl/α,β-unsaturated/α-hetero) is 1. The quantitative estimate of drug-likeness (QED) is 0.304. The van der Waals surface area contributed by atoms with Crippen LogP contribution in [0, 0.1) is 10.8 Å². The van der Waals surface area contributed by atoms with Crippen molar-refractivity contribution in [3.8, 4) is 0 Å². The number of hydrogen-bond donors (Lipinski definition) is 0. The molecule has 0 radical (unpaired) electrons. The number of hydrogen-bond acceptors (Lipinski definition) is 4. The molecule has 0 spiro atoms. The van der Waals surface area contributed by atoms with Crippen molar-refractivity contribution in [1.82, 2.24) is 0 Å². The molecule has 0 aromatic carbocycles. The van der Waals surface area contributed by atoms with E-state index >= 15 is 0 Å². The van der Waals surface area contributed by atoms with Gasteiger partial charge in [-0.15, -0.1) is 0 Å². The van der Waals surface area contributed by atoms with Gasteiger partial charge in [-0.1, -0.05) is 20.8 Å². The molecule has 0 bridgehead atoms. The molecule has 0 aromatic heterocycles. The third kappa shape index (κ3) is 6.25. The Morgan fingerprint density at radius 2 is 1.19 bits per heavy atom. The number of ketones is 1. The van der Waals surface area contributed by atoms with E-state index in [4.69, 9.17) is 0 Å². The molecule has 4 nitrogen and oxygen atoms in total. The Labute approximate surface area is 139 Å². The molecule has 0 aliphatic rings. The number of ether oxygens (including phenoxy) is 1. The van der Waals surface area contributed by atoms with Crippen LogP contribution in [0.5, 0.6) is 0 Å². The second-order valence-corrected chi connectivity index (χ2v) is 5.51. The van der Waals surface area contributed by atoms with E-state index in [2.05, 4.69) is 4.74 Å². The number of rotatable bonds is 1. The molecule has 16 heavy (non-hydrogen) atoms. The van der Waals surface area contributed by atoms with Gasteiger partial charge in [-0.25, -0.2) is 4.79 Å². The molecule has 0 unspecified atom stereocenters. The average molecular weight is 254 g/mol. The van der Waals surface area contributed by atoms with Gasteiger partial charge in [-0.05, 0) is 20.8 Å². The van der Waals surface area contributed by atoms with Crippen LogP contribution in [0.1, 0.15) is 41.5 Å². The van der Waals surface area contributed by atoms with Crippen molar-refractivity contribution in [3.05, 3.63) is 0 Å². The topological polar surface area (TPSA) is 60.4 Å². The van der Waals surface area contributed by atoms with Gasteiger partial charge in [0.25, 0.3) is 0 Å². The van der Waals surface area contributed by atoms with Crippen LogP contribution in [0.4, 0.5) is 0 Å². The van der Waals surface area contributed by atoms with Gasteiger partial charge in [0.15, 0.2) is 0 Å². The summed E-state index contributed by atoms with van der Waals surface area (Å²) in [5.74, 6) is -2.47. The van der Waals surface area contributed by atoms with Crippen LogP contribution >= 0.6 is 0 Å². The van der Waals surface area contributed by atoms with Crippen molar-refractivity contribution in [3.63, 3.8) is 0 Å². The van der Waals surface area contributed by atoms with E-state index in [1.54, 1.807) is 41.5 Å². The fraction of sp³-hybridized carbons (Fsp3) is 0.727. The first-order chi connectivity index (χ1) is 6.46. The molecule has 0 N–H and O–H groups in total. The molecule has 0 fully saturated rings. The molecule has 0 aliphatic heterocycles. The van der Waals surface area contributed by atoms with Gasteiger partial charge < -0.3 is 4.74 Å². The summed E-state index contributed by atoms with van der Waals surface area (Å²) in [4.78, 5) is 34.0. The standard InChI is InChI=1S/C11H18O4.K.H/c1-10(2,3)7(12)8(13)15-9(14)11(4,5)6;;/h1-6H3;;. The summed E-state index contributed by atoms with van der Waals surface area (Å²) in [6.45, 7) is 9.63. The summed E-state index contributed by atoms with van der Waals surface area (Å²) in [7, 11) is 0. The van der Waals surface area contributed by atoms with E-state index in [1.807, 2.05) is 0 Å². The maximum absolute atomic E-state index is 11.4. The first kappa shape index (κ1) is 18.8. The van der Waals surface area contributed by atoms with E-state index in [-0.39, 0.29) is 51.4 Å². The zero-order valence-corrected chi connectivity index (χ0v) is 10.1. The van der Waals surface area contributed by atoms with E-state index < -0.39 is 28.6 Å². The summed E-state index contributed by atoms with van der Waals surface area (Å²) < 4.78 is 4.48. The van der Waals surface area contributed by atoms with Gasteiger partial charge in [0.05, 0.1) is 5.41 Å². The van der Waals surface area contributed by atoms with Crippen LogP contribution in [0.15, 0.2) is 0 Å². The zero-order valence-electron chi connectivity index (χ0n) is 10.1. The fourth-order valence-corrected chi connectivity index (χ4v) is 0.590. The second-order valence-electron chi connectivity index (χ2n) is 5.51. The van der Waals surface area contributed by atoms with E-state index in [0.29, 0.717) is 0 Å². The molecular formula is C11H19KO4. The van der Waals surface area contributed by atoms with Crippen molar-refractivity contribution < 1.29 is 19.1 Å². The Bertz CT molecular complexity index is 294. The Balaban J connectivity index is 0. The fourth-order valence-electron chi connectivity index (χ4n) is 0.590. The minimum absolute atomic E-state index is 0. The van der Waals surface area contributed by atoms with Crippen LogP contribution in [0.3, 0.4) is 0 Å². The Hall–Kier alpha value is 0.446. The average Bonchev–Trinajstić information content (AvgIpc) is 1.99. The Morgan fingerprint density at radius 1 is 0.812 bits per heavy atom. The monoisotopic (exact) mass is 254 g/mol. The summed E-state index contributed by atoms with van der Waals surface area (Å²) in [5.41, 5.74) is -1.61. The molecule has 0 heterocycles. The molecule has 0 saturated carbocycles. The Morgan fingerprint density at radius 3 is 1.44 bits per heavy atom. The first-order valence-corrected chi connectivity index (χ1v) is 4.77. The molecule has 0 amide bonds. The third-order valence-electron chi connectivity index (χ3n) is 1.66. The van der Waals surface area contributed by atoms with Gasteiger partial charge in [-0.3, -0.25) is 9.59 Å². The SMILES string of the molecule is CC(C)(C)C(=O)OC(=O)C(=O)C(C)(C)C.[KH]. The molecular weight excluding hydrogens is 235 g/mol. The van der Waals surface area contributed by atoms with E-state index in [0.717, 1.165) is 0 Å². The zero-order chi connectivity index (χ0) is 12.4. The van der Waals surface area contributed by atoms with Crippen LogP contribution in [-0.4, -0.2) is 69.1 Å². The molecule has 0 saturated heterocycles. The van der Waals surface area contributed by atoms with Gasteiger partial charge in [-0.2, -0.15) is 0 Å². The van der Waals surface area contributed by atoms with Crippen molar-refractivity contribution >= 4 is 69.1 Å². The van der Waals surface area contributed by atoms with Gasteiger partial charge in [0, 0.05) is 5.41 Å². The molecule has 0 aliphatic carbocycles. The summed E-state index contributed by atoms with van der Waals surface area (Å²) in [6.07, 6.45) is 0.